The lowest BCUT2D eigenvalue weighted by Crippen LogP contribution is -2.14. The van der Waals surface area contributed by atoms with E-state index in [0.717, 1.165) is 16.9 Å². The number of hydrogen-bond donors (Lipinski definition) is 2. The van der Waals surface area contributed by atoms with E-state index in [4.69, 9.17) is 21.4 Å². The van der Waals surface area contributed by atoms with E-state index in [2.05, 4.69) is 4.72 Å². The average molecular weight is 410 g/mol. The van der Waals surface area contributed by atoms with Crippen molar-refractivity contribution < 1.29 is 23.1 Å². The molecule has 0 spiro atoms. The second-order valence-corrected chi connectivity index (χ2v) is 8.15. The van der Waals surface area contributed by atoms with Gasteiger partial charge in [-0.1, -0.05) is 65.4 Å². The molecule has 9 heteroatoms. The Hall–Kier alpha value is -2.55. The van der Waals surface area contributed by atoms with Crippen LogP contribution in [0.3, 0.4) is 0 Å². The minimum Gasteiger partial charge on any atom is -0.449 e. The first-order valence-electron chi connectivity index (χ1n) is 7.24. The number of carbonyl (C=O) groups is 1. The lowest BCUT2D eigenvalue weighted by Gasteiger charge is -2.09. The molecule has 26 heavy (non-hydrogen) atoms. The van der Waals surface area contributed by atoms with Crippen LogP contribution >= 0.6 is 22.9 Å². The van der Waals surface area contributed by atoms with E-state index >= 15 is 0 Å². The van der Waals surface area contributed by atoms with Crippen molar-refractivity contribution in [3.63, 3.8) is 0 Å². The molecular weight excluding hydrogens is 398 g/mol. The van der Waals surface area contributed by atoms with E-state index in [1.807, 2.05) is 30.3 Å². The topological polar surface area (TPSA) is 92.7 Å². The van der Waals surface area contributed by atoms with Crippen molar-refractivity contribution in [1.29, 1.82) is 0 Å². The largest absolute Gasteiger partial charge is 0.512 e. The Morgan fingerprint density at radius 3 is 2.38 bits per heavy atom. The molecule has 2 aromatic carbocycles. The minimum atomic E-state index is -4.02. The monoisotopic (exact) mass is 409 g/mol. The Bertz CT molecular complexity index is 1050. The summed E-state index contributed by atoms with van der Waals surface area (Å²) in [6, 6.07) is 16.6. The van der Waals surface area contributed by atoms with E-state index < -0.39 is 16.2 Å². The summed E-state index contributed by atoms with van der Waals surface area (Å²) in [6.07, 6.45) is -1.54. The molecule has 3 aromatic rings. The van der Waals surface area contributed by atoms with E-state index in [-0.39, 0.29) is 20.7 Å². The summed E-state index contributed by atoms with van der Waals surface area (Å²) < 4.78 is 32.3. The number of ether oxygens (including phenoxy) is 1. The number of benzene rings is 2. The molecule has 0 aliphatic heterocycles. The first kappa shape index (κ1) is 18.2. The molecule has 0 fully saturated rings. The summed E-state index contributed by atoms with van der Waals surface area (Å²) in [5.74, 6) is 0. The Morgan fingerprint density at radius 1 is 1.08 bits per heavy atom. The molecule has 0 radical (unpaired) electrons. The average Bonchev–Trinajstić information content (AvgIpc) is 2.97. The van der Waals surface area contributed by atoms with Crippen LogP contribution < -0.4 is 9.46 Å². The van der Waals surface area contributed by atoms with Gasteiger partial charge < -0.3 is 9.84 Å². The molecule has 0 saturated heterocycles. The van der Waals surface area contributed by atoms with Gasteiger partial charge in [-0.15, -0.1) is 0 Å². The summed E-state index contributed by atoms with van der Waals surface area (Å²) >= 11 is 6.98. The van der Waals surface area contributed by atoms with Crippen LogP contribution in [0.1, 0.15) is 0 Å². The van der Waals surface area contributed by atoms with Crippen molar-refractivity contribution in [3.8, 4) is 15.5 Å². The van der Waals surface area contributed by atoms with Crippen molar-refractivity contribution in [2.24, 2.45) is 0 Å². The van der Waals surface area contributed by atoms with Crippen LogP contribution in [0.2, 0.25) is 5.02 Å². The number of sulfonamides is 1. The third kappa shape index (κ3) is 3.98. The maximum Gasteiger partial charge on any atom is 0.512 e. The number of rotatable bonds is 5. The van der Waals surface area contributed by atoms with Crippen LogP contribution in [0, 0.1) is 0 Å². The second kappa shape index (κ2) is 7.36. The van der Waals surface area contributed by atoms with Crippen molar-refractivity contribution in [2.45, 2.75) is 4.90 Å². The van der Waals surface area contributed by atoms with Crippen molar-refractivity contribution in [2.75, 3.05) is 4.72 Å². The van der Waals surface area contributed by atoms with Crippen LogP contribution in [0.5, 0.6) is 5.06 Å². The number of nitrogens with one attached hydrogen (secondary N) is 1. The summed E-state index contributed by atoms with van der Waals surface area (Å²) in [4.78, 5) is 11.5. The lowest BCUT2D eigenvalue weighted by atomic mass is 10.2. The quantitative estimate of drug-likeness (QED) is 0.583. The van der Waals surface area contributed by atoms with Crippen molar-refractivity contribution in [3.05, 3.63) is 65.7 Å². The van der Waals surface area contributed by atoms with Crippen molar-refractivity contribution in [1.82, 2.24) is 0 Å². The first-order chi connectivity index (χ1) is 12.4. The number of thiophene rings is 1. The van der Waals surface area contributed by atoms with Crippen LogP contribution in [0.25, 0.3) is 10.4 Å². The van der Waals surface area contributed by atoms with E-state index in [9.17, 15) is 13.2 Å². The standard InChI is InChI=1S/C17H12ClNO5S2/c18-12-8-4-5-9-15(12)26(22,23)19-13-10-14(11-6-2-1-3-7-11)25-16(13)24-17(20)21/h1-10,19H,(H,20,21). The molecule has 0 saturated carbocycles. The highest BCUT2D eigenvalue weighted by Crippen LogP contribution is 2.42. The van der Waals surface area contributed by atoms with Gasteiger partial charge >= 0.3 is 6.16 Å². The Kier molecular flexibility index (Phi) is 5.17. The van der Waals surface area contributed by atoms with E-state index in [1.165, 1.54) is 24.3 Å². The molecule has 0 aliphatic rings. The molecule has 0 amide bonds. The maximum absolute atomic E-state index is 12.6. The van der Waals surface area contributed by atoms with E-state index in [0.29, 0.717) is 4.88 Å². The number of anilines is 1. The van der Waals surface area contributed by atoms with Gasteiger partial charge in [0.05, 0.1) is 5.02 Å². The molecule has 6 nitrogen and oxygen atoms in total. The fraction of sp³-hybridized carbons (Fsp3) is 0. The van der Waals surface area contributed by atoms with Gasteiger partial charge in [-0.05, 0) is 23.8 Å². The Balaban J connectivity index is 2.02. The zero-order chi connectivity index (χ0) is 18.7. The van der Waals surface area contributed by atoms with Crippen LogP contribution in [-0.4, -0.2) is 19.7 Å². The smallest absolute Gasteiger partial charge is 0.449 e. The first-order valence-corrected chi connectivity index (χ1v) is 9.92. The van der Waals surface area contributed by atoms with Gasteiger partial charge in [0.2, 0.25) is 5.06 Å². The van der Waals surface area contributed by atoms with Gasteiger partial charge in [0, 0.05) is 4.88 Å². The highest BCUT2D eigenvalue weighted by molar-refractivity contribution is 7.92. The minimum absolute atomic E-state index is 0.0242. The highest BCUT2D eigenvalue weighted by atomic mass is 35.5. The molecule has 1 aromatic heterocycles. The number of hydrogen-bond acceptors (Lipinski definition) is 5. The molecule has 134 valence electrons. The molecule has 1 heterocycles. The van der Waals surface area contributed by atoms with E-state index in [1.54, 1.807) is 6.07 Å². The molecule has 0 unspecified atom stereocenters. The normalized spacial score (nSPS) is 11.1. The van der Waals surface area contributed by atoms with Crippen LogP contribution in [0.15, 0.2) is 65.6 Å². The summed E-state index contributed by atoms with van der Waals surface area (Å²) in [5.41, 5.74) is 0.826. The van der Waals surface area contributed by atoms with Gasteiger partial charge in [0.15, 0.2) is 0 Å². The van der Waals surface area contributed by atoms with Crippen LogP contribution in [-0.2, 0) is 10.0 Å². The Morgan fingerprint density at radius 2 is 1.73 bits per heavy atom. The summed E-state index contributed by atoms with van der Waals surface area (Å²) in [7, 11) is -4.02. The Labute approximate surface area is 158 Å². The summed E-state index contributed by atoms with van der Waals surface area (Å²) in [5, 5.41) is 8.89. The fourth-order valence-corrected chi connectivity index (χ4v) is 4.81. The van der Waals surface area contributed by atoms with Gasteiger partial charge in [0.1, 0.15) is 10.6 Å². The molecule has 0 bridgehead atoms. The predicted octanol–water partition coefficient (Wildman–Crippen LogP) is 4.93. The lowest BCUT2D eigenvalue weighted by molar-refractivity contribution is 0.146. The van der Waals surface area contributed by atoms with Crippen molar-refractivity contribution >= 4 is 44.8 Å². The van der Waals surface area contributed by atoms with Gasteiger partial charge in [0.25, 0.3) is 10.0 Å². The maximum atomic E-state index is 12.6. The predicted molar refractivity (Wildman–Crippen MR) is 101 cm³/mol. The fourth-order valence-electron chi connectivity index (χ4n) is 2.21. The zero-order valence-electron chi connectivity index (χ0n) is 13.0. The molecular formula is C17H12ClNO5S2. The third-order valence-corrected chi connectivity index (χ3v) is 6.23. The summed E-state index contributed by atoms with van der Waals surface area (Å²) in [6.45, 7) is 0. The van der Waals surface area contributed by atoms with Gasteiger partial charge in [-0.3, -0.25) is 4.72 Å². The molecule has 0 aliphatic carbocycles. The SMILES string of the molecule is O=C(O)Oc1sc(-c2ccccc2)cc1NS(=O)(=O)c1ccccc1Cl. The number of halogens is 1. The molecule has 2 N–H and O–H groups in total. The zero-order valence-corrected chi connectivity index (χ0v) is 15.4. The molecule has 3 rings (SSSR count). The van der Waals surface area contributed by atoms with Gasteiger partial charge in [-0.25, -0.2) is 13.2 Å². The van der Waals surface area contributed by atoms with Crippen LogP contribution in [0.4, 0.5) is 10.5 Å². The second-order valence-electron chi connectivity index (χ2n) is 5.08. The molecule has 0 atom stereocenters. The third-order valence-electron chi connectivity index (χ3n) is 3.31. The van der Waals surface area contributed by atoms with Gasteiger partial charge in [-0.2, -0.15) is 0 Å². The number of carboxylic acid groups (broad SMARTS) is 1. The highest BCUT2D eigenvalue weighted by Gasteiger charge is 2.22.